The van der Waals surface area contributed by atoms with Gasteiger partial charge in [0.05, 0.1) is 12.7 Å². The van der Waals surface area contributed by atoms with Gasteiger partial charge in [0.1, 0.15) is 11.6 Å². The van der Waals surface area contributed by atoms with Crippen LogP contribution in [-0.4, -0.2) is 31.6 Å². The summed E-state index contributed by atoms with van der Waals surface area (Å²) in [5.41, 5.74) is 2.60. The van der Waals surface area contributed by atoms with Gasteiger partial charge in [-0.2, -0.15) is 0 Å². The number of aromatic nitrogens is 1. The summed E-state index contributed by atoms with van der Waals surface area (Å²) in [5, 5.41) is 3.28. The Labute approximate surface area is 159 Å². The Morgan fingerprint density at radius 1 is 1.07 bits per heavy atom. The van der Waals surface area contributed by atoms with Crippen molar-refractivity contribution in [2.24, 2.45) is 0 Å². The molecule has 0 saturated heterocycles. The topological polar surface area (TPSA) is 54.5 Å². The van der Waals surface area contributed by atoms with Gasteiger partial charge < -0.3 is 15.0 Å². The van der Waals surface area contributed by atoms with Crippen LogP contribution in [0.25, 0.3) is 0 Å². The monoisotopic (exact) mass is 361 g/mol. The van der Waals surface area contributed by atoms with Crippen molar-refractivity contribution >= 4 is 17.4 Å². The molecule has 0 atom stereocenters. The van der Waals surface area contributed by atoms with Crippen LogP contribution in [0.5, 0.6) is 5.75 Å². The molecule has 27 heavy (non-hydrogen) atoms. The minimum atomic E-state index is -0.0865. The minimum Gasteiger partial charge on any atom is -0.497 e. The standard InChI is InChI=1S/C22H23N3O2/c1-25(19-8-4-3-5-9-19)22(26)18-11-12-21(24-16-18)23-14-13-17-7-6-10-20(15-17)27-2/h3-12,15-16H,13-14H2,1-2H3,(H,23,24). The van der Waals surface area contributed by atoms with E-state index in [4.69, 9.17) is 4.74 Å². The van der Waals surface area contributed by atoms with Gasteiger partial charge in [0.15, 0.2) is 0 Å². The molecule has 0 fully saturated rings. The lowest BCUT2D eigenvalue weighted by atomic mass is 10.1. The molecule has 1 heterocycles. The summed E-state index contributed by atoms with van der Waals surface area (Å²) in [5.74, 6) is 1.52. The number of methoxy groups -OCH3 is 1. The lowest BCUT2D eigenvalue weighted by molar-refractivity contribution is 0.0992. The minimum absolute atomic E-state index is 0.0865. The van der Waals surface area contributed by atoms with Crippen LogP contribution in [0.2, 0.25) is 0 Å². The van der Waals surface area contributed by atoms with Gasteiger partial charge in [-0.1, -0.05) is 30.3 Å². The summed E-state index contributed by atoms with van der Waals surface area (Å²) in [7, 11) is 3.43. The van der Waals surface area contributed by atoms with Crippen molar-refractivity contribution in [3.63, 3.8) is 0 Å². The zero-order valence-corrected chi connectivity index (χ0v) is 15.6. The summed E-state index contributed by atoms with van der Waals surface area (Å²) in [6, 6.07) is 21.2. The van der Waals surface area contributed by atoms with Crippen molar-refractivity contribution in [2.45, 2.75) is 6.42 Å². The fourth-order valence-electron chi connectivity index (χ4n) is 2.75. The summed E-state index contributed by atoms with van der Waals surface area (Å²) in [4.78, 5) is 18.5. The van der Waals surface area contributed by atoms with Crippen LogP contribution in [0.3, 0.4) is 0 Å². The van der Waals surface area contributed by atoms with Crippen LogP contribution in [0.15, 0.2) is 72.9 Å². The van der Waals surface area contributed by atoms with Crippen LogP contribution in [0.4, 0.5) is 11.5 Å². The number of amides is 1. The van der Waals surface area contributed by atoms with Gasteiger partial charge in [-0.05, 0) is 48.4 Å². The van der Waals surface area contributed by atoms with Crippen molar-refractivity contribution in [2.75, 3.05) is 30.9 Å². The lowest BCUT2D eigenvalue weighted by Gasteiger charge is -2.17. The van der Waals surface area contributed by atoms with Crippen LogP contribution >= 0.6 is 0 Å². The molecule has 1 N–H and O–H groups in total. The molecule has 5 nitrogen and oxygen atoms in total. The van der Waals surface area contributed by atoms with Crippen LogP contribution in [-0.2, 0) is 6.42 Å². The Kier molecular flexibility index (Phi) is 6.05. The molecule has 1 aromatic heterocycles. The first kappa shape index (κ1) is 18.5. The maximum Gasteiger partial charge on any atom is 0.259 e. The molecule has 138 valence electrons. The first-order chi connectivity index (χ1) is 13.2. The molecule has 0 aliphatic rings. The zero-order chi connectivity index (χ0) is 19.1. The highest BCUT2D eigenvalue weighted by molar-refractivity contribution is 6.05. The molecular weight excluding hydrogens is 338 g/mol. The lowest BCUT2D eigenvalue weighted by Crippen LogP contribution is -2.26. The second-order valence-electron chi connectivity index (χ2n) is 6.16. The van der Waals surface area contributed by atoms with E-state index < -0.39 is 0 Å². The predicted molar refractivity (Wildman–Crippen MR) is 109 cm³/mol. The summed E-state index contributed by atoms with van der Waals surface area (Å²) in [6.45, 7) is 0.747. The number of pyridine rings is 1. The highest BCUT2D eigenvalue weighted by Gasteiger charge is 2.13. The average Bonchev–Trinajstić information content (AvgIpc) is 2.74. The van der Waals surface area contributed by atoms with Crippen LogP contribution < -0.4 is 15.0 Å². The number of benzene rings is 2. The molecule has 0 radical (unpaired) electrons. The van der Waals surface area contributed by atoms with Crippen molar-refractivity contribution in [1.82, 2.24) is 4.98 Å². The number of rotatable bonds is 7. The molecule has 1 amide bonds. The summed E-state index contributed by atoms with van der Waals surface area (Å²) in [6.07, 6.45) is 2.46. The number of ether oxygens (including phenoxy) is 1. The van der Waals surface area contributed by atoms with Gasteiger partial charge in [-0.15, -0.1) is 0 Å². The molecule has 0 bridgehead atoms. The second-order valence-corrected chi connectivity index (χ2v) is 6.16. The number of nitrogens with one attached hydrogen (secondary N) is 1. The smallest absolute Gasteiger partial charge is 0.259 e. The van der Waals surface area contributed by atoms with E-state index in [0.29, 0.717) is 5.56 Å². The molecule has 0 aliphatic heterocycles. The van der Waals surface area contributed by atoms with Crippen molar-refractivity contribution in [1.29, 1.82) is 0 Å². The quantitative estimate of drug-likeness (QED) is 0.690. The first-order valence-electron chi connectivity index (χ1n) is 8.83. The Bertz CT molecular complexity index is 880. The highest BCUT2D eigenvalue weighted by atomic mass is 16.5. The molecule has 5 heteroatoms. The van der Waals surface area contributed by atoms with E-state index >= 15 is 0 Å². The van der Waals surface area contributed by atoms with Gasteiger partial charge >= 0.3 is 0 Å². The molecule has 0 saturated carbocycles. The van der Waals surface area contributed by atoms with Crippen molar-refractivity contribution in [3.8, 4) is 5.75 Å². The summed E-state index contributed by atoms with van der Waals surface area (Å²) < 4.78 is 5.24. The normalized spacial score (nSPS) is 10.3. The predicted octanol–water partition coefficient (Wildman–Crippen LogP) is 4.02. The highest BCUT2D eigenvalue weighted by Crippen LogP contribution is 2.16. The van der Waals surface area contributed by atoms with E-state index in [1.165, 1.54) is 5.56 Å². The number of nitrogens with zero attached hydrogens (tertiary/aromatic N) is 2. The Hall–Kier alpha value is -3.34. The van der Waals surface area contributed by atoms with Gasteiger partial charge in [-0.25, -0.2) is 4.98 Å². The largest absolute Gasteiger partial charge is 0.497 e. The maximum atomic E-state index is 12.6. The third-order valence-corrected chi connectivity index (χ3v) is 4.31. The molecule has 0 spiro atoms. The number of hydrogen-bond acceptors (Lipinski definition) is 4. The van der Waals surface area contributed by atoms with Crippen LogP contribution in [0.1, 0.15) is 15.9 Å². The Balaban J connectivity index is 1.56. The fraction of sp³-hybridized carbons (Fsp3) is 0.182. The van der Waals surface area contributed by atoms with Crippen LogP contribution in [0, 0.1) is 0 Å². The third-order valence-electron chi connectivity index (χ3n) is 4.31. The second kappa shape index (κ2) is 8.85. The summed E-state index contributed by atoms with van der Waals surface area (Å²) >= 11 is 0. The third kappa shape index (κ3) is 4.85. The first-order valence-corrected chi connectivity index (χ1v) is 8.83. The van der Waals surface area contributed by atoms with Gasteiger partial charge in [0.25, 0.3) is 5.91 Å². The van der Waals surface area contributed by atoms with Gasteiger partial charge in [0, 0.05) is 25.5 Å². The maximum absolute atomic E-state index is 12.6. The SMILES string of the molecule is COc1cccc(CCNc2ccc(C(=O)N(C)c3ccccc3)cn2)c1. The Morgan fingerprint density at radius 3 is 2.59 bits per heavy atom. The van der Waals surface area contributed by atoms with E-state index in [9.17, 15) is 4.79 Å². The van der Waals surface area contributed by atoms with E-state index in [1.54, 1.807) is 31.3 Å². The van der Waals surface area contributed by atoms with Crippen molar-refractivity contribution < 1.29 is 9.53 Å². The molecule has 0 unspecified atom stereocenters. The zero-order valence-electron chi connectivity index (χ0n) is 15.6. The molecular formula is C22H23N3O2. The number of para-hydroxylation sites is 1. The Morgan fingerprint density at radius 2 is 1.89 bits per heavy atom. The molecule has 3 aromatic rings. The number of carbonyl (C=O) groups excluding carboxylic acids is 1. The van der Waals surface area contributed by atoms with Gasteiger partial charge in [0.2, 0.25) is 0 Å². The fourth-order valence-corrected chi connectivity index (χ4v) is 2.75. The van der Waals surface area contributed by atoms with Gasteiger partial charge in [-0.3, -0.25) is 4.79 Å². The van der Waals surface area contributed by atoms with E-state index in [0.717, 1.165) is 30.2 Å². The van der Waals surface area contributed by atoms with E-state index in [2.05, 4.69) is 16.4 Å². The molecule has 0 aliphatic carbocycles. The van der Waals surface area contributed by atoms with E-state index in [-0.39, 0.29) is 5.91 Å². The number of carbonyl (C=O) groups is 1. The average molecular weight is 361 g/mol. The van der Waals surface area contributed by atoms with Crippen molar-refractivity contribution in [3.05, 3.63) is 84.1 Å². The molecule has 3 rings (SSSR count). The van der Waals surface area contributed by atoms with E-state index in [1.807, 2.05) is 54.6 Å². The number of hydrogen-bond donors (Lipinski definition) is 1. The number of anilines is 2. The molecule has 2 aromatic carbocycles.